The van der Waals surface area contributed by atoms with Crippen molar-refractivity contribution in [2.24, 2.45) is 0 Å². The van der Waals surface area contributed by atoms with E-state index < -0.39 is 15.9 Å². The van der Waals surface area contributed by atoms with Gasteiger partial charge in [0.2, 0.25) is 5.91 Å². The maximum absolute atomic E-state index is 13.4. The Hall–Kier alpha value is -3.49. The van der Waals surface area contributed by atoms with Crippen LogP contribution < -0.4 is 10.6 Å². The minimum absolute atomic E-state index is 0.0377. The van der Waals surface area contributed by atoms with Crippen LogP contribution in [0.15, 0.2) is 78.9 Å². The van der Waals surface area contributed by atoms with E-state index in [1.165, 1.54) is 11.1 Å². The van der Waals surface area contributed by atoms with Crippen molar-refractivity contribution in [3.63, 3.8) is 0 Å². The number of hydrogen-bond acceptors (Lipinski definition) is 5. The van der Waals surface area contributed by atoms with E-state index >= 15 is 0 Å². The predicted octanol–water partition coefficient (Wildman–Crippen LogP) is 3.94. The molecule has 2 N–H and O–H groups in total. The summed E-state index contributed by atoms with van der Waals surface area (Å²) in [5, 5.41) is 6.54. The highest BCUT2D eigenvalue weighted by Gasteiger charge is 2.37. The maximum atomic E-state index is 13.4. The van der Waals surface area contributed by atoms with Gasteiger partial charge in [0.1, 0.15) is 6.04 Å². The van der Waals surface area contributed by atoms with Gasteiger partial charge >= 0.3 is 0 Å². The van der Waals surface area contributed by atoms with Crippen LogP contribution in [0.1, 0.15) is 46.7 Å². The summed E-state index contributed by atoms with van der Waals surface area (Å²) in [6, 6.07) is 25.7. The van der Waals surface area contributed by atoms with Crippen LogP contribution in [0, 0.1) is 6.92 Å². The molecule has 1 heterocycles. The lowest BCUT2D eigenvalue weighted by Crippen LogP contribution is -2.53. The Kier molecular flexibility index (Phi) is 8.66. The lowest BCUT2D eigenvalue weighted by atomic mass is 10.0. The summed E-state index contributed by atoms with van der Waals surface area (Å²) in [6.07, 6.45) is 2.29. The molecule has 0 radical (unpaired) electrons. The fourth-order valence-electron chi connectivity index (χ4n) is 5.29. The van der Waals surface area contributed by atoms with E-state index in [1.807, 2.05) is 42.5 Å². The van der Waals surface area contributed by atoms with E-state index in [0.717, 1.165) is 24.1 Å². The zero-order valence-electron chi connectivity index (χ0n) is 22.9. The number of benzene rings is 3. The molecule has 0 unspecified atom stereocenters. The molecule has 2 fully saturated rings. The third-order valence-corrected chi connectivity index (χ3v) is 9.49. The Morgan fingerprint density at radius 3 is 2.23 bits per heavy atom. The first-order chi connectivity index (χ1) is 19.3. The molecular weight excluding hydrogens is 522 g/mol. The predicted molar refractivity (Wildman–Crippen MR) is 158 cm³/mol. The fourth-order valence-corrected chi connectivity index (χ4v) is 6.49. The van der Waals surface area contributed by atoms with Crippen LogP contribution in [0.5, 0.6) is 0 Å². The van der Waals surface area contributed by atoms with E-state index in [2.05, 4.69) is 41.8 Å². The molecule has 8 heteroatoms. The van der Waals surface area contributed by atoms with E-state index in [9.17, 15) is 18.0 Å². The molecule has 40 heavy (non-hydrogen) atoms. The summed E-state index contributed by atoms with van der Waals surface area (Å²) in [5.41, 5.74) is 5.16. The number of aryl methyl sites for hydroxylation is 1. The van der Waals surface area contributed by atoms with Crippen LogP contribution in [0.25, 0.3) is 11.1 Å². The minimum atomic E-state index is -3.11. The summed E-state index contributed by atoms with van der Waals surface area (Å²) in [6.45, 7) is 3.16. The Morgan fingerprint density at radius 2 is 1.55 bits per heavy atom. The van der Waals surface area contributed by atoms with Crippen LogP contribution in [-0.4, -0.2) is 68.4 Å². The van der Waals surface area contributed by atoms with Crippen molar-refractivity contribution in [2.75, 3.05) is 31.1 Å². The number of carbonyl (C=O) groups is 2. The number of nitrogens with zero attached hydrogens (tertiary/aromatic N) is 1. The summed E-state index contributed by atoms with van der Waals surface area (Å²) < 4.78 is 23.8. The molecule has 0 spiro atoms. The summed E-state index contributed by atoms with van der Waals surface area (Å²) in [4.78, 5) is 28.2. The molecule has 1 aliphatic carbocycles. The van der Waals surface area contributed by atoms with Gasteiger partial charge < -0.3 is 15.5 Å². The van der Waals surface area contributed by atoms with Gasteiger partial charge in [-0.25, -0.2) is 8.42 Å². The first-order valence-corrected chi connectivity index (χ1v) is 15.9. The number of sulfone groups is 1. The Labute approximate surface area is 236 Å². The second kappa shape index (κ2) is 12.4. The lowest BCUT2D eigenvalue weighted by molar-refractivity contribution is -0.133. The molecule has 1 saturated carbocycles. The normalized spacial score (nSPS) is 20.5. The van der Waals surface area contributed by atoms with Crippen LogP contribution in [0.2, 0.25) is 0 Å². The molecule has 2 amide bonds. The van der Waals surface area contributed by atoms with Gasteiger partial charge in [-0.05, 0) is 61.6 Å². The Morgan fingerprint density at radius 1 is 0.900 bits per heavy atom. The Bertz CT molecular complexity index is 1410. The number of amides is 2. The summed E-state index contributed by atoms with van der Waals surface area (Å²) >= 11 is 0. The van der Waals surface area contributed by atoms with Crippen molar-refractivity contribution < 1.29 is 18.0 Å². The largest absolute Gasteiger partial charge is 0.340 e. The van der Waals surface area contributed by atoms with Gasteiger partial charge in [0.15, 0.2) is 9.84 Å². The maximum Gasteiger partial charge on any atom is 0.251 e. The van der Waals surface area contributed by atoms with Crippen molar-refractivity contribution in [3.8, 4) is 11.1 Å². The highest BCUT2D eigenvalue weighted by atomic mass is 32.2. The van der Waals surface area contributed by atoms with Crippen molar-refractivity contribution in [1.29, 1.82) is 0 Å². The molecule has 7 nitrogen and oxygen atoms in total. The van der Waals surface area contributed by atoms with Crippen molar-refractivity contribution in [1.82, 2.24) is 15.5 Å². The number of rotatable bonds is 10. The number of hydrogen-bond donors (Lipinski definition) is 2. The number of carbonyl (C=O) groups excluding carboxylic acids is 2. The second-order valence-corrected chi connectivity index (χ2v) is 13.2. The molecule has 1 saturated heterocycles. The molecule has 0 bridgehead atoms. The van der Waals surface area contributed by atoms with E-state index in [1.54, 1.807) is 17.0 Å². The van der Waals surface area contributed by atoms with Gasteiger partial charge in [-0.2, -0.15) is 0 Å². The van der Waals surface area contributed by atoms with Crippen LogP contribution >= 0.6 is 0 Å². The SMILES string of the molecule is Cc1ccc([C@@H]2C[C@H]2NCCC[C@H](NC(=O)c2ccc(-c3ccccc3)cc2)C(=O)N2CCS(=O)(=O)CC2)cc1. The Balaban J connectivity index is 1.18. The zero-order valence-corrected chi connectivity index (χ0v) is 23.7. The van der Waals surface area contributed by atoms with Gasteiger partial charge in [-0.15, -0.1) is 0 Å². The molecule has 3 aromatic carbocycles. The lowest BCUT2D eigenvalue weighted by Gasteiger charge is -2.30. The van der Waals surface area contributed by atoms with Gasteiger partial charge in [0.25, 0.3) is 5.91 Å². The molecule has 3 aromatic rings. The van der Waals surface area contributed by atoms with E-state index in [-0.39, 0.29) is 36.4 Å². The monoisotopic (exact) mass is 559 g/mol. The number of nitrogens with one attached hydrogen (secondary N) is 2. The van der Waals surface area contributed by atoms with Crippen molar-refractivity contribution >= 4 is 21.7 Å². The van der Waals surface area contributed by atoms with Crippen LogP contribution in [-0.2, 0) is 14.6 Å². The van der Waals surface area contributed by atoms with E-state index in [4.69, 9.17) is 0 Å². The molecule has 210 valence electrons. The van der Waals surface area contributed by atoms with Crippen LogP contribution in [0.3, 0.4) is 0 Å². The molecule has 0 aromatic heterocycles. The summed E-state index contributed by atoms with van der Waals surface area (Å²) in [5.74, 6) is -0.0780. The first-order valence-electron chi connectivity index (χ1n) is 14.0. The first kappa shape index (κ1) is 28.1. The quantitative estimate of drug-likeness (QED) is 0.367. The molecule has 5 rings (SSSR count). The third-order valence-electron chi connectivity index (χ3n) is 7.89. The second-order valence-electron chi connectivity index (χ2n) is 10.9. The van der Waals surface area contributed by atoms with Crippen molar-refractivity contribution in [3.05, 3.63) is 95.6 Å². The topological polar surface area (TPSA) is 95.6 Å². The molecule has 3 atom stereocenters. The highest BCUT2D eigenvalue weighted by Crippen LogP contribution is 2.40. The average Bonchev–Trinajstić information content (AvgIpc) is 3.74. The standard InChI is InChI=1S/C32H37N3O4S/c1-23-9-11-26(12-10-23)28-22-30(28)33-17-5-8-29(32(37)35-18-20-40(38,39)21-19-35)34-31(36)27-15-13-25(14-16-27)24-6-3-2-4-7-24/h2-4,6-7,9-16,28-30,33H,5,8,17-22H2,1H3,(H,34,36)/t28-,29-,30+/m0/s1. The fraction of sp³-hybridized carbons (Fsp3) is 0.375. The highest BCUT2D eigenvalue weighted by molar-refractivity contribution is 7.91. The third kappa shape index (κ3) is 7.17. The minimum Gasteiger partial charge on any atom is -0.340 e. The van der Waals surface area contributed by atoms with E-state index in [0.29, 0.717) is 30.4 Å². The average molecular weight is 560 g/mol. The zero-order chi connectivity index (χ0) is 28.1. The molecule has 2 aliphatic rings. The van der Waals surface area contributed by atoms with Crippen molar-refractivity contribution in [2.45, 2.75) is 44.2 Å². The summed E-state index contributed by atoms with van der Waals surface area (Å²) in [7, 11) is -3.11. The molecule has 1 aliphatic heterocycles. The van der Waals surface area contributed by atoms with Gasteiger partial charge in [0, 0.05) is 30.6 Å². The smallest absolute Gasteiger partial charge is 0.251 e. The van der Waals surface area contributed by atoms with Gasteiger partial charge in [0.05, 0.1) is 11.5 Å². The van der Waals surface area contributed by atoms with Gasteiger partial charge in [-0.1, -0.05) is 72.3 Å². The van der Waals surface area contributed by atoms with Crippen LogP contribution in [0.4, 0.5) is 0 Å². The van der Waals surface area contributed by atoms with Gasteiger partial charge in [-0.3, -0.25) is 9.59 Å². The molecular formula is C32H37N3O4S.